The van der Waals surface area contributed by atoms with Gasteiger partial charge in [0.05, 0.1) is 0 Å². The van der Waals surface area contributed by atoms with E-state index in [1.807, 2.05) is 7.05 Å². The summed E-state index contributed by atoms with van der Waals surface area (Å²) in [6, 6.07) is 0. The van der Waals surface area contributed by atoms with Crippen LogP contribution in [0.25, 0.3) is 0 Å². The highest BCUT2D eigenvalue weighted by Gasteiger charge is 2.40. The molecule has 0 aliphatic heterocycles. The van der Waals surface area contributed by atoms with Crippen LogP contribution in [0.5, 0.6) is 0 Å². The van der Waals surface area contributed by atoms with E-state index in [-0.39, 0.29) is 5.60 Å². The van der Waals surface area contributed by atoms with Gasteiger partial charge in [-0.1, -0.05) is 5.16 Å². The topological polar surface area (TPSA) is 60.2 Å². The molecule has 5 nitrogen and oxygen atoms in total. The summed E-state index contributed by atoms with van der Waals surface area (Å²) >= 11 is 0. The van der Waals surface area contributed by atoms with Gasteiger partial charge in [-0.15, -0.1) is 0 Å². The molecule has 0 saturated heterocycles. The number of ether oxygens (including phenoxy) is 1. The fourth-order valence-electron chi connectivity index (χ4n) is 2.24. The van der Waals surface area contributed by atoms with Crippen molar-refractivity contribution in [3.05, 3.63) is 11.7 Å². The first-order valence-corrected chi connectivity index (χ1v) is 5.83. The van der Waals surface area contributed by atoms with E-state index in [1.54, 1.807) is 7.11 Å². The molecule has 1 fully saturated rings. The van der Waals surface area contributed by atoms with Crippen LogP contribution < -0.4 is 5.32 Å². The third kappa shape index (κ3) is 2.10. The minimum atomic E-state index is -0.290. The maximum atomic E-state index is 5.60. The van der Waals surface area contributed by atoms with E-state index < -0.39 is 0 Å². The van der Waals surface area contributed by atoms with Crippen molar-refractivity contribution in [3.8, 4) is 0 Å². The predicted molar refractivity (Wildman–Crippen MR) is 59.1 cm³/mol. The van der Waals surface area contributed by atoms with Gasteiger partial charge >= 0.3 is 0 Å². The Balaban J connectivity index is 2.10. The van der Waals surface area contributed by atoms with Crippen molar-refractivity contribution < 1.29 is 9.26 Å². The van der Waals surface area contributed by atoms with E-state index in [1.165, 1.54) is 12.8 Å². The van der Waals surface area contributed by atoms with Gasteiger partial charge < -0.3 is 14.6 Å². The van der Waals surface area contributed by atoms with Gasteiger partial charge in [-0.2, -0.15) is 4.98 Å². The second kappa shape index (κ2) is 4.93. The molecule has 1 aliphatic carbocycles. The maximum Gasteiger partial charge on any atom is 0.228 e. The molecule has 1 N–H and O–H groups in total. The molecule has 1 heterocycles. The maximum absolute atomic E-state index is 5.60. The van der Waals surface area contributed by atoms with Gasteiger partial charge in [-0.25, -0.2) is 0 Å². The summed E-state index contributed by atoms with van der Waals surface area (Å²) in [5, 5.41) is 7.11. The number of rotatable bonds is 5. The van der Waals surface area contributed by atoms with Crippen LogP contribution >= 0.6 is 0 Å². The summed E-state index contributed by atoms with van der Waals surface area (Å²) in [6.07, 6.45) is 5.11. The first kappa shape index (κ1) is 11.5. The highest BCUT2D eigenvalue weighted by molar-refractivity contribution is 5.04. The highest BCUT2D eigenvalue weighted by Crippen LogP contribution is 2.39. The van der Waals surface area contributed by atoms with Crippen LogP contribution in [0.3, 0.4) is 0 Å². The normalized spacial score (nSPS) is 19.1. The Kier molecular flexibility index (Phi) is 3.56. The van der Waals surface area contributed by atoms with Crippen molar-refractivity contribution in [1.82, 2.24) is 15.5 Å². The number of nitrogens with one attached hydrogen (secondary N) is 1. The molecule has 0 bridgehead atoms. The summed E-state index contributed by atoms with van der Waals surface area (Å²) in [4.78, 5) is 4.43. The number of aromatic nitrogens is 2. The van der Waals surface area contributed by atoms with Gasteiger partial charge in [0.2, 0.25) is 11.7 Å². The smallest absolute Gasteiger partial charge is 0.228 e. The van der Waals surface area contributed by atoms with Crippen LogP contribution in [-0.4, -0.2) is 30.8 Å². The van der Waals surface area contributed by atoms with Crippen LogP contribution in [0.1, 0.15) is 37.4 Å². The molecule has 5 heteroatoms. The lowest BCUT2D eigenvalue weighted by molar-refractivity contribution is -0.0178. The molecule has 0 aromatic carbocycles. The van der Waals surface area contributed by atoms with Crippen molar-refractivity contribution in [1.29, 1.82) is 0 Å². The van der Waals surface area contributed by atoms with E-state index in [9.17, 15) is 0 Å². The molecule has 0 atom stereocenters. The van der Waals surface area contributed by atoms with Crippen molar-refractivity contribution >= 4 is 0 Å². The van der Waals surface area contributed by atoms with Gasteiger partial charge in [0.15, 0.2) is 0 Å². The fourth-order valence-corrected chi connectivity index (χ4v) is 2.24. The Hall–Kier alpha value is -0.940. The van der Waals surface area contributed by atoms with E-state index in [4.69, 9.17) is 9.26 Å². The van der Waals surface area contributed by atoms with E-state index in [0.29, 0.717) is 5.89 Å². The Morgan fingerprint density at radius 2 is 2.19 bits per heavy atom. The third-order valence-electron chi connectivity index (χ3n) is 3.27. The Morgan fingerprint density at radius 1 is 1.44 bits per heavy atom. The summed E-state index contributed by atoms with van der Waals surface area (Å²) in [6.45, 7) is 0.849. The number of hydrogen-bond acceptors (Lipinski definition) is 5. The summed E-state index contributed by atoms with van der Waals surface area (Å²) in [5.41, 5.74) is -0.290. The molecule has 1 aromatic rings. The molecule has 0 amide bonds. The van der Waals surface area contributed by atoms with E-state index in [2.05, 4.69) is 15.5 Å². The molecule has 1 aromatic heterocycles. The Bertz CT molecular complexity index is 332. The van der Waals surface area contributed by atoms with Crippen LogP contribution in [-0.2, 0) is 16.8 Å². The van der Waals surface area contributed by atoms with E-state index >= 15 is 0 Å². The number of nitrogens with zero attached hydrogens (tertiary/aromatic N) is 2. The van der Waals surface area contributed by atoms with Gasteiger partial charge in [-0.3, -0.25) is 0 Å². The summed E-state index contributed by atoms with van der Waals surface area (Å²) in [5.74, 6) is 1.41. The van der Waals surface area contributed by atoms with Gasteiger partial charge in [0, 0.05) is 20.1 Å². The minimum absolute atomic E-state index is 0.290. The lowest BCUT2D eigenvalue weighted by atomic mass is 10.0. The zero-order valence-electron chi connectivity index (χ0n) is 9.95. The number of likely N-dealkylation sites (N-methyl/N-ethyl adjacent to an activating group) is 1. The third-order valence-corrected chi connectivity index (χ3v) is 3.27. The quantitative estimate of drug-likeness (QED) is 0.817. The second-order valence-electron chi connectivity index (χ2n) is 4.27. The van der Waals surface area contributed by atoms with Crippen LogP contribution in [0.4, 0.5) is 0 Å². The monoisotopic (exact) mass is 225 g/mol. The molecule has 0 unspecified atom stereocenters. The molecular weight excluding hydrogens is 206 g/mol. The van der Waals surface area contributed by atoms with Crippen molar-refractivity contribution in [3.63, 3.8) is 0 Å². The average molecular weight is 225 g/mol. The molecular formula is C11H19N3O2. The zero-order valence-corrected chi connectivity index (χ0v) is 9.95. The number of methoxy groups -OCH3 is 1. The standard InChI is InChI=1S/C11H19N3O2/c1-12-8-5-9-13-10(14-16-9)11(15-2)6-3-4-7-11/h12H,3-8H2,1-2H3. The highest BCUT2D eigenvalue weighted by atomic mass is 16.5. The van der Waals surface area contributed by atoms with Gasteiger partial charge in [0.1, 0.15) is 5.60 Å². The van der Waals surface area contributed by atoms with Gasteiger partial charge in [0.25, 0.3) is 0 Å². The number of hydrogen-bond donors (Lipinski definition) is 1. The molecule has 2 rings (SSSR count). The van der Waals surface area contributed by atoms with Crippen LogP contribution in [0, 0.1) is 0 Å². The zero-order chi connectivity index (χ0) is 11.4. The first-order valence-electron chi connectivity index (χ1n) is 5.83. The fraction of sp³-hybridized carbons (Fsp3) is 0.818. The van der Waals surface area contributed by atoms with Crippen LogP contribution in [0.2, 0.25) is 0 Å². The van der Waals surface area contributed by atoms with E-state index in [0.717, 1.165) is 31.6 Å². The summed E-state index contributed by atoms with van der Waals surface area (Å²) in [7, 11) is 3.64. The summed E-state index contributed by atoms with van der Waals surface area (Å²) < 4.78 is 10.8. The first-order chi connectivity index (χ1) is 7.80. The van der Waals surface area contributed by atoms with Gasteiger partial charge in [-0.05, 0) is 32.7 Å². The molecule has 16 heavy (non-hydrogen) atoms. The largest absolute Gasteiger partial charge is 0.370 e. The van der Waals surface area contributed by atoms with Crippen molar-refractivity contribution in [2.45, 2.75) is 37.7 Å². The molecule has 1 aliphatic rings. The van der Waals surface area contributed by atoms with Crippen molar-refractivity contribution in [2.75, 3.05) is 20.7 Å². The molecule has 0 radical (unpaired) electrons. The molecule has 90 valence electrons. The van der Waals surface area contributed by atoms with Crippen LogP contribution in [0.15, 0.2) is 4.52 Å². The molecule has 1 saturated carbocycles. The SMILES string of the molecule is CNCCc1nc(C2(OC)CCCC2)no1. The van der Waals surface area contributed by atoms with Crippen molar-refractivity contribution in [2.24, 2.45) is 0 Å². The lowest BCUT2D eigenvalue weighted by Gasteiger charge is -2.22. The second-order valence-corrected chi connectivity index (χ2v) is 4.27. The Labute approximate surface area is 95.6 Å². The lowest BCUT2D eigenvalue weighted by Crippen LogP contribution is -2.26. The minimum Gasteiger partial charge on any atom is -0.370 e. The average Bonchev–Trinajstić information content (AvgIpc) is 2.95. The molecule has 0 spiro atoms. The Morgan fingerprint density at radius 3 is 2.81 bits per heavy atom. The predicted octanol–water partition coefficient (Wildman–Crippen LogP) is 1.25.